The lowest BCUT2D eigenvalue weighted by Gasteiger charge is -2.33. The van der Waals surface area contributed by atoms with Gasteiger partial charge in [0.05, 0.1) is 23.5 Å². The lowest BCUT2D eigenvalue weighted by Crippen LogP contribution is -2.44. The minimum atomic E-state index is -0.743. The number of carbonyl (C=O) groups excluding carboxylic acids is 1. The number of benzene rings is 2. The molecule has 1 amide bonds. The summed E-state index contributed by atoms with van der Waals surface area (Å²) in [5.74, 6) is -0.430. The average Bonchev–Trinajstić information content (AvgIpc) is 2.54. The van der Waals surface area contributed by atoms with Gasteiger partial charge in [-0.05, 0) is 31.2 Å². The van der Waals surface area contributed by atoms with Crippen molar-refractivity contribution in [3.8, 4) is 11.8 Å². The number of ether oxygens (including phenoxy) is 1. The third-order valence-corrected chi connectivity index (χ3v) is 4.03. The summed E-state index contributed by atoms with van der Waals surface area (Å²) >= 11 is 5.91. The highest BCUT2D eigenvalue weighted by atomic mass is 35.5. The topological polar surface area (TPSA) is 79.3 Å². The molecule has 0 bridgehead atoms. The molecule has 0 aromatic heterocycles. The van der Waals surface area contributed by atoms with Crippen molar-refractivity contribution in [2.24, 2.45) is 0 Å². The van der Waals surface area contributed by atoms with Crippen LogP contribution in [0.15, 0.2) is 30.3 Å². The van der Waals surface area contributed by atoms with Crippen molar-refractivity contribution >= 4 is 28.9 Å². The van der Waals surface area contributed by atoms with Gasteiger partial charge in [-0.3, -0.25) is 4.79 Å². The Hall–Kier alpha value is -2.78. The second kappa shape index (κ2) is 6.02. The van der Waals surface area contributed by atoms with E-state index in [1.54, 1.807) is 6.92 Å². The zero-order chi connectivity index (χ0) is 17.4. The Bertz CT molecular complexity index is 879. The van der Waals surface area contributed by atoms with Crippen LogP contribution in [0.5, 0.6) is 5.75 Å². The van der Waals surface area contributed by atoms with E-state index in [0.29, 0.717) is 16.5 Å². The molecule has 1 heterocycles. The average molecular weight is 346 g/mol. The molecule has 0 saturated carbocycles. The van der Waals surface area contributed by atoms with Crippen LogP contribution >= 0.6 is 11.6 Å². The first-order chi connectivity index (χ1) is 11.4. The van der Waals surface area contributed by atoms with E-state index in [2.05, 4.69) is 0 Å². The minimum Gasteiger partial charge on any atom is -0.479 e. The first kappa shape index (κ1) is 16.1. The number of fused-ring (bicyclic) bond motifs is 1. The molecule has 1 aliphatic heterocycles. The van der Waals surface area contributed by atoms with Crippen molar-refractivity contribution in [1.29, 1.82) is 5.26 Å². The number of anilines is 2. The highest BCUT2D eigenvalue weighted by Gasteiger charge is 2.33. The summed E-state index contributed by atoms with van der Waals surface area (Å²) in [6.45, 7) is 1.57. The molecule has 0 unspecified atom stereocenters. The predicted molar refractivity (Wildman–Crippen MR) is 88.3 cm³/mol. The number of amides is 1. The van der Waals surface area contributed by atoms with Crippen LogP contribution in [-0.4, -0.2) is 12.0 Å². The number of carbonyl (C=O) groups is 1. The quantitative estimate of drug-likeness (QED) is 0.847. The molecule has 1 atom stereocenters. The molecule has 0 spiro atoms. The standard InChI is InChI=1S/C17H13ClFN3O2/c1-9-17(23)22(8-11-4-12(18)2-3-13(11)19)15-5-10(7-20)14(21)6-16(15)24-9/h2-6,9H,8,21H2,1H3/t9-/m1/s1. The van der Waals surface area contributed by atoms with E-state index in [0.717, 1.165) is 0 Å². The van der Waals surface area contributed by atoms with Crippen molar-refractivity contribution < 1.29 is 13.9 Å². The smallest absolute Gasteiger partial charge is 0.268 e. The summed E-state index contributed by atoms with van der Waals surface area (Å²) in [5.41, 5.74) is 6.92. The monoisotopic (exact) mass is 345 g/mol. The lowest BCUT2D eigenvalue weighted by atomic mass is 10.1. The summed E-state index contributed by atoms with van der Waals surface area (Å²) < 4.78 is 19.6. The van der Waals surface area contributed by atoms with E-state index in [1.165, 1.54) is 35.2 Å². The Morgan fingerprint density at radius 2 is 2.17 bits per heavy atom. The van der Waals surface area contributed by atoms with E-state index in [1.807, 2.05) is 6.07 Å². The number of hydrogen-bond donors (Lipinski definition) is 1. The molecule has 2 aromatic rings. The summed E-state index contributed by atoms with van der Waals surface area (Å²) in [4.78, 5) is 13.9. The second-order valence-corrected chi connectivity index (χ2v) is 5.88. The molecular weight excluding hydrogens is 333 g/mol. The van der Waals surface area contributed by atoms with Gasteiger partial charge in [0.15, 0.2) is 6.10 Å². The van der Waals surface area contributed by atoms with E-state index >= 15 is 0 Å². The Morgan fingerprint density at radius 1 is 1.42 bits per heavy atom. The van der Waals surface area contributed by atoms with Crippen LogP contribution in [0, 0.1) is 17.1 Å². The van der Waals surface area contributed by atoms with E-state index in [-0.39, 0.29) is 29.3 Å². The van der Waals surface area contributed by atoms with Crippen LogP contribution < -0.4 is 15.4 Å². The fourth-order valence-corrected chi connectivity index (χ4v) is 2.76. The van der Waals surface area contributed by atoms with Crippen LogP contribution in [0.3, 0.4) is 0 Å². The normalized spacial score (nSPS) is 16.3. The number of rotatable bonds is 2. The van der Waals surface area contributed by atoms with Gasteiger partial charge in [-0.2, -0.15) is 5.26 Å². The summed E-state index contributed by atoms with van der Waals surface area (Å²) in [7, 11) is 0. The van der Waals surface area contributed by atoms with Crippen molar-refractivity contribution in [2.75, 3.05) is 10.6 Å². The maximum atomic E-state index is 14.0. The van der Waals surface area contributed by atoms with Gasteiger partial charge in [-0.15, -0.1) is 0 Å². The second-order valence-electron chi connectivity index (χ2n) is 5.44. The highest BCUT2D eigenvalue weighted by molar-refractivity contribution is 6.30. The molecule has 0 aliphatic carbocycles. The van der Waals surface area contributed by atoms with Crippen molar-refractivity contribution in [3.63, 3.8) is 0 Å². The Balaban J connectivity index is 2.09. The number of hydrogen-bond acceptors (Lipinski definition) is 4. The molecule has 1 aliphatic rings. The maximum Gasteiger partial charge on any atom is 0.268 e. The summed E-state index contributed by atoms with van der Waals surface area (Å²) in [6, 6.07) is 9.08. The maximum absolute atomic E-state index is 14.0. The Morgan fingerprint density at radius 3 is 2.88 bits per heavy atom. The lowest BCUT2D eigenvalue weighted by molar-refractivity contribution is -0.125. The molecule has 24 heavy (non-hydrogen) atoms. The van der Waals surface area contributed by atoms with Crippen LogP contribution in [0.25, 0.3) is 0 Å². The summed E-state index contributed by atoms with van der Waals surface area (Å²) in [6.07, 6.45) is -0.743. The molecule has 122 valence electrons. The van der Waals surface area contributed by atoms with Crippen LogP contribution in [0.1, 0.15) is 18.1 Å². The first-order valence-electron chi connectivity index (χ1n) is 7.16. The van der Waals surface area contributed by atoms with E-state index in [4.69, 9.17) is 27.3 Å². The van der Waals surface area contributed by atoms with Crippen molar-refractivity contribution in [2.45, 2.75) is 19.6 Å². The van der Waals surface area contributed by atoms with E-state index < -0.39 is 11.9 Å². The van der Waals surface area contributed by atoms with Gasteiger partial charge in [0.2, 0.25) is 0 Å². The van der Waals surface area contributed by atoms with Crippen LogP contribution in [-0.2, 0) is 11.3 Å². The molecule has 0 radical (unpaired) electrons. The number of nitrogen functional groups attached to an aromatic ring is 1. The fraction of sp³-hybridized carbons (Fsp3) is 0.176. The molecule has 0 fully saturated rings. The van der Waals surface area contributed by atoms with Gasteiger partial charge < -0.3 is 15.4 Å². The largest absolute Gasteiger partial charge is 0.479 e. The van der Waals surface area contributed by atoms with Crippen molar-refractivity contribution in [1.82, 2.24) is 0 Å². The van der Waals surface area contributed by atoms with Crippen LogP contribution in [0.4, 0.5) is 15.8 Å². The van der Waals surface area contributed by atoms with Gasteiger partial charge in [0, 0.05) is 16.7 Å². The third-order valence-electron chi connectivity index (χ3n) is 3.80. The minimum absolute atomic E-state index is 0.0271. The molecule has 2 aromatic carbocycles. The van der Waals surface area contributed by atoms with Gasteiger partial charge >= 0.3 is 0 Å². The SMILES string of the molecule is C[C@H]1Oc2cc(N)c(C#N)cc2N(Cc2cc(Cl)ccc2F)C1=O. The molecule has 2 N–H and O–H groups in total. The molecule has 5 nitrogen and oxygen atoms in total. The summed E-state index contributed by atoms with van der Waals surface area (Å²) in [5, 5.41) is 9.51. The van der Waals surface area contributed by atoms with Crippen molar-refractivity contribution in [3.05, 3.63) is 52.3 Å². The predicted octanol–water partition coefficient (Wildman–Crippen LogP) is 3.25. The Kier molecular flexibility index (Phi) is 4.04. The Labute approximate surface area is 143 Å². The number of nitrogens with zero attached hydrogens (tertiary/aromatic N) is 2. The molecule has 0 saturated heterocycles. The first-order valence-corrected chi connectivity index (χ1v) is 7.54. The fourth-order valence-electron chi connectivity index (χ4n) is 2.56. The van der Waals surface area contributed by atoms with Gasteiger partial charge in [0.25, 0.3) is 5.91 Å². The van der Waals surface area contributed by atoms with Crippen LogP contribution in [0.2, 0.25) is 5.02 Å². The van der Waals surface area contributed by atoms with Gasteiger partial charge in [-0.25, -0.2) is 4.39 Å². The number of halogens is 2. The molecule has 3 rings (SSSR count). The molecule has 7 heteroatoms. The zero-order valence-electron chi connectivity index (χ0n) is 12.7. The van der Waals surface area contributed by atoms with Gasteiger partial charge in [0.1, 0.15) is 17.6 Å². The van der Waals surface area contributed by atoms with Gasteiger partial charge in [-0.1, -0.05) is 11.6 Å². The number of nitriles is 1. The highest BCUT2D eigenvalue weighted by Crippen LogP contribution is 2.38. The number of nitrogens with two attached hydrogens (primary N) is 1. The third kappa shape index (κ3) is 2.74. The molecular formula is C17H13ClFN3O2. The van der Waals surface area contributed by atoms with E-state index in [9.17, 15) is 9.18 Å². The zero-order valence-corrected chi connectivity index (χ0v) is 13.5.